The summed E-state index contributed by atoms with van der Waals surface area (Å²) in [6, 6.07) is 17.4. The Bertz CT molecular complexity index is 804. The first-order chi connectivity index (χ1) is 12.8. The third kappa shape index (κ3) is 4.08. The summed E-state index contributed by atoms with van der Waals surface area (Å²) >= 11 is 1.59. The molecule has 0 bridgehead atoms. The lowest BCUT2D eigenvalue weighted by Crippen LogP contribution is -2.32. The van der Waals surface area contributed by atoms with Crippen LogP contribution < -0.4 is 4.74 Å². The number of fused-ring (bicyclic) bond motifs is 1. The van der Waals surface area contributed by atoms with Crippen LogP contribution in [0.15, 0.2) is 48.5 Å². The molecule has 3 aromatic rings. The SMILES string of the molecule is CCC(CCc1ccc(Oc2nc3ccccc3s2)cc1)N1CCCC1. The van der Waals surface area contributed by atoms with Gasteiger partial charge in [0.25, 0.3) is 5.19 Å². The number of thiazole rings is 1. The maximum absolute atomic E-state index is 5.95. The maximum atomic E-state index is 5.95. The molecule has 1 aromatic heterocycles. The minimum Gasteiger partial charge on any atom is -0.431 e. The van der Waals surface area contributed by atoms with Crippen LogP contribution in [-0.2, 0) is 6.42 Å². The van der Waals surface area contributed by atoms with Crippen molar-refractivity contribution in [2.24, 2.45) is 0 Å². The Hall–Kier alpha value is -1.91. The van der Waals surface area contributed by atoms with Crippen LogP contribution >= 0.6 is 11.3 Å². The molecule has 1 atom stereocenters. The van der Waals surface area contributed by atoms with Crippen LogP contribution in [0.25, 0.3) is 10.2 Å². The van der Waals surface area contributed by atoms with Crippen LogP contribution in [-0.4, -0.2) is 29.0 Å². The Labute approximate surface area is 159 Å². The van der Waals surface area contributed by atoms with E-state index in [1.807, 2.05) is 18.2 Å². The van der Waals surface area contributed by atoms with E-state index in [4.69, 9.17) is 4.74 Å². The topological polar surface area (TPSA) is 25.4 Å². The lowest BCUT2D eigenvalue weighted by molar-refractivity contribution is 0.224. The molecule has 136 valence electrons. The Kier molecular flexibility index (Phi) is 5.51. The lowest BCUT2D eigenvalue weighted by atomic mass is 10.0. The summed E-state index contributed by atoms with van der Waals surface area (Å²) in [6.07, 6.45) is 6.37. The van der Waals surface area contributed by atoms with Gasteiger partial charge in [-0.15, -0.1) is 0 Å². The van der Waals surface area contributed by atoms with E-state index in [9.17, 15) is 0 Å². The van der Waals surface area contributed by atoms with E-state index in [-0.39, 0.29) is 0 Å². The van der Waals surface area contributed by atoms with Gasteiger partial charge in [0.2, 0.25) is 0 Å². The van der Waals surface area contributed by atoms with E-state index < -0.39 is 0 Å². The molecule has 1 saturated heterocycles. The number of nitrogens with zero attached hydrogens (tertiary/aromatic N) is 2. The van der Waals surface area contributed by atoms with Gasteiger partial charge in [-0.3, -0.25) is 0 Å². The van der Waals surface area contributed by atoms with Crippen LogP contribution in [0.4, 0.5) is 0 Å². The van der Waals surface area contributed by atoms with E-state index in [0.717, 1.165) is 28.4 Å². The summed E-state index contributed by atoms with van der Waals surface area (Å²) in [5.41, 5.74) is 2.39. The average molecular weight is 367 g/mol. The van der Waals surface area contributed by atoms with Gasteiger partial charge in [-0.25, -0.2) is 4.98 Å². The molecular formula is C22H26N2OS. The quantitative estimate of drug-likeness (QED) is 0.521. The molecule has 26 heavy (non-hydrogen) atoms. The van der Waals surface area contributed by atoms with Crippen LogP contribution in [0, 0.1) is 0 Å². The summed E-state index contributed by atoms with van der Waals surface area (Å²) in [5, 5.41) is 0.707. The predicted molar refractivity (Wildman–Crippen MR) is 109 cm³/mol. The molecule has 2 aromatic carbocycles. The third-order valence-electron chi connectivity index (χ3n) is 5.30. The number of benzene rings is 2. The molecule has 0 radical (unpaired) electrons. The van der Waals surface area contributed by atoms with Crippen LogP contribution in [0.3, 0.4) is 0 Å². The molecule has 3 nitrogen and oxygen atoms in total. The molecule has 0 spiro atoms. The van der Waals surface area contributed by atoms with Gasteiger partial charge in [-0.05, 0) is 75.0 Å². The first-order valence-electron chi connectivity index (χ1n) is 9.68. The standard InChI is InChI=1S/C22H26N2OS/c1-2-18(24-15-5-6-16-24)12-9-17-10-13-19(14-11-17)25-22-23-20-7-3-4-8-21(20)26-22/h3-4,7-8,10-11,13-14,18H,2,5-6,9,12,15-16H2,1H3. The number of para-hydroxylation sites is 1. The van der Waals surface area contributed by atoms with Crippen molar-refractivity contribution in [2.45, 2.75) is 45.1 Å². The number of hydrogen-bond acceptors (Lipinski definition) is 4. The van der Waals surface area contributed by atoms with Crippen molar-refractivity contribution in [2.75, 3.05) is 13.1 Å². The predicted octanol–water partition coefficient (Wildman–Crippen LogP) is 5.90. The second-order valence-corrected chi connectivity index (χ2v) is 8.03. The number of aryl methyl sites for hydroxylation is 1. The highest BCUT2D eigenvalue weighted by atomic mass is 32.1. The first-order valence-corrected chi connectivity index (χ1v) is 10.5. The third-order valence-corrected chi connectivity index (χ3v) is 6.21. The second-order valence-electron chi connectivity index (χ2n) is 7.04. The van der Waals surface area contributed by atoms with Crippen LogP contribution in [0.1, 0.15) is 38.2 Å². The Morgan fingerprint density at radius 1 is 1.08 bits per heavy atom. The minimum absolute atomic E-state index is 0.707. The molecule has 1 fully saturated rings. The molecule has 4 heteroatoms. The monoisotopic (exact) mass is 366 g/mol. The molecule has 0 N–H and O–H groups in total. The van der Waals surface area contributed by atoms with E-state index in [0.29, 0.717) is 5.19 Å². The van der Waals surface area contributed by atoms with Crippen molar-refractivity contribution in [1.29, 1.82) is 0 Å². The summed E-state index contributed by atoms with van der Waals surface area (Å²) in [6.45, 7) is 4.89. The average Bonchev–Trinajstić information content (AvgIpc) is 3.33. The zero-order valence-corrected chi connectivity index (χ0v) is 16.2. The number of hydrogen-bond donors (Lipinski definition) is 0. The molecule has 2 heterocycles. The second kappa shape index (κ2) is 8.19. The fourth-order valence-electron chi connectivity index (χ4n) is 3.80. The summed E-state index contributed by atoms with van der Waals surface area (Å²) < 4.78 is 7.10. The Balaban J connectivity index is 1.35. The van der Waals surface area contributed by atoms with Gasteiger partial charge in [-0.1, -0.05) is 42.5 Å². The van der Waals surface area contributed by atoms with Crippen LogP contribution in [0.2, 0.25) is 0 Å². The largest absolute Gasteiger partial charge is 0.431 e. The normalized spacial score (nSPS) is 16.2. The minimum atomic E-state index is 0.707. The van der Waals surface area contributed by atoms with Gasteiger partial charge >= 0.3 is 0 Å². The van der Waals surface area contributed by atoms with Gasteiger partial charge in [0.1, 0.15) is 5.75 Å². The fourth-order valence-corrected chi connectivity index (χ4v) is 4.64. The molecule has 1 unspecified atom stereocenters. The smallest absolute Gasteiger partial charge is 0.279 e. The van der Waals surface area contributed by atoms with Crippen molar-refractivity contribution in [1.82, 2.24) is 9.88 Å². The van der Waals surface area contributed by atoms with Gasteiger partial charge in [0.05, 0.1) is 10.2 Å². The number of ether oxygens (including phenoxy) is 1. The first kappa shape index (κ1) is 17.5. The zero-order chi connectivity index (χ0) is 17.8. The highest BCUT2D eigenvalue weighted by Crippen LogP contribution is 2.31. The van der Waals surface area contributed by atoms with E-state index in [2.05, 4.69) is 47.1 Å². The zero-order valence-electron chi connectivity index (χ0n) is 15.4. The highest BCUT2D eigenvalue weighted by molar-refractivity contribution is 7.20. The molecule has 0 aliphatic carbocycles. The van der Waals surface area contributed by atoms with Gasteiger partial charge in [-0.2, -0.15) is 0 Å². The lowest BCUT2D eigenvalue weighted by Gasteiger charge is -2.26. The van der Waals surface area contributed by atoms with E-state index >= 15 is 0 Å². The van der Waals surface area contributed by atoms with Gasteiger partial charge in [0, 0.05) is 6.04 Å². The van der Waals surface area contributed by atoms with Gasteiger partial charge < -0.3 is 9.64 Å². The number of likely N-dealkylation sites (tertiary alicyclic amines) is 1. The van der Waals surface area contributed by atoms with Crippen LogP contribution in [0.5, 0.6) is 10.9 Å². The maximum Gasteiger partial charge on any atom is 0.279 e. The number of rotatable bonds is 7. The molecule has 0 saturated carbocycles. The Morgan fingerprint density at radius 2 is 1.85 bits per heavy atom. The van der Waals surface area contributed by atoms with Gasteiger partial charge in [0.15, 0.2) is 0 Å². The molecule has 1 aliphatic rings. The Morgan fingerprint density at radius 3 is 2.58 bits per heavy atom. The van der Waals surface area contributed by atoms with Crippen molar-refractivity contribution < 1.29 is 4.74 Å². The highest BCUT2D eigenvalue weighted by Gasteiger charge is 2.19. The van der Waals surface area contributed by atoms with Crippen molar-refractivity contribution >= 4 is 21.6 Å². The van der Waals surface area contributed by atoms with Crippen molar-refractivity contribution in [3.05, 3.63) is 54.1 Å². The van der Waals surface area contributed by atoms with Crippen molar-refractivity contribution in [3.8, 4) is 10.9 Å². The molecule has 1 aliphatic heterocycles. The molecular weight excluding hydrogens is 340 g/mol. The summed E-state index contributed by atoms with van der Waals surface area (Å²) in [4.78, 5) is 7.21. The summed E-state index contributed by atoms with van der Waals surface area (Å²) in [7, 11) is 0. The molecule has 0 amide bonds. The summed E-state index contributed by atoms with van der Waals surface area (Å²) in [5.74, 6) is 0.861. The van der Waals surface area contributed by atoms with E-state index in [1.54, 1.807) is 11.3 Å². The van der Waals surface area contributed by atoms with E-state index in [1.165, 1.54) is 44.3 Å². The van der Waals surface area contributed by atoms with Crippen molar-refractivity contribution in [3.63, 3.8) is 0 Å². The fraction of sp³-hybridized carbons (Fsp3) is 0.409. The molecule has 4 rings (SSSR count). The number of aromatic nitrogens is 1.